The van der Waals surface area contributed by atoms with Crippen molar-refractivity contribution in [2.24, 2.45) is 0 Å². The second-order valence-electron chi connectivity index (χ2n) is 4.28. The number of carbonyl (C=O) groups excluding carboxylic acids is 1. The number of carbonyl (C=O) groups is 1. The number of hydrogen-bond donors (Lipinski definition) is 0. The number of aryl methyl sites for hydroxylation is 1. The summed E-state index contributed by atoms with van der Waals surface area (Å²) in [7, 11) is 0. The Morgan fingerprint density at radius 3 is 2.44 bits per heavy atom. The van der Waals surface area contributed by atoms with Crippen molar-refractivity contribution in [1.29, 1.82) is 0 Å². The molecule has 2 nitrogen and oxygen atoms in total. The smallest absolute Gasteiger partial charge is 0.153 e. The van der Waals surface area contributed by atoms with Gasteiger partial charge >= 0.3 is 0 Å². The van der Waals surface area contributed by atoms with Crippen LogP contribution in [0.5, 0.6) is 5.75 Å². The predicted octanol–water partition coefficient (Wildman–Crippen LogP) is 3.95. The Bertz CT molecular complexity index is 532. The first-order chi connectivity index (χ1) is 8.72. The molecule has 0 aliphatic rings. The number of benzene rings is 2. The van der Waals surface area contributed by atoms with Crippen LogP contribution in [0.3, 0.4) is 0 Å². The van der Waals surface area contributed by atoms with E-state index >= 15 is 0 Å². The summed E-state index contributed by atoms with van der Waals surface area (Å²) in [4.78, 5) is 11.0. The van der Waals surface area contributed by atoms with Crippen LogP contribution in [0.2, 0.25) is 0 Å². The van der Waals surface area contributed by atoms with E-state index in [9.17, 15) is 4.79 Å². The summed E-state index contributed by atoms with van der Waals surface area (Å²) < 4.78 is 5.92. The van der Waals surface area contributed by atoms with Gasteiger partial charge in [-0.1, -0.05) is 42.5 Å². The molecular weight excluding hydrogens is 224 g/mol. The normalized spacial score (nSPS) is 11.9. The molecule has 0 radical (unpaired) electrons. The summed E-state index contributed by atoms with van der Waals surface area (Å²) in [6.45, 7) is 3.93. The van der Waals surface area contributed by atoms with Crippen molar-refractivity contribution < 1.29 is 9.53 Å². The first-order valence-electron chi connectivity index (χ1n) is 5.98. The maximum absolute atomic E-state index is 11.0. The molecule has 0 spiro atoms. The third kappa shape index (κ3) is 2.59. The Hall–Kier alpha value is -2.09. The lowest BCUT2D eigenvalue weighted by Gasteiger charge is -2.18. The summed E-state index contributed by atoms with van der Waals surface area (Å²) >= 11 is 0. The molecule has 1 unspecified atom stereocenters. The number of rotatable bonds is 4. The highest BCUT2D eigenvalue weighted by Crippen LogP contribution is 2.27. The van der Waals surface area contributed by atoms with Gasteiger partial charge in [0.1, 0.15) is 11.9 Å². The van der Waals surface area contributed by atoms with E-state index in [1.807, 2.05) is 56.3 Å². The molecule has 2 aromatic carbocycles. The molecule has 0 saturated heterocycles. The van der Waals surface area contributed by atoms with Gasteiger partial charge in [-0.3, -0.25) is 4.79 Å². The summed E-state index contributed by atoms with van der Waals surface area (Å²) in [6.07, 6.45) is 0.756. The van der Waals surface area contributed by atoms with Crippen LogP contribution in [-0.2, 0) is 0 Å². The third-order valence-corrected chi connectivity index (χ3v) is 2.93. The van der Waals surface area contributed by atoms with Crippen molar-refractivity contribution in [3.05, 3.63) is 65.2 Å². The van der Waals surface area contributed by atoms with Crippen LogP contribution < -0.4 is 4.74 Å². The Morgan fingerprint density at radius 2 is 1.78 bits per heavy atom. The van der Waals surface area contributed by atoms with Crippen LogP contribution >= 0.6 is 0 Å². The van der Waals surface area contributed by atoms with E-state index in [2.05, 4.69) is 0 Å². The highest BCUT2D eigenvalue weighted by atomic mass is 16.5. The summed E-state index contributed by atoms with van der Waals surface area (Å²) in [6, 6.07) is 15.5. The third-order valence-electron chi connectivity index (χ3n) is 2.93. The molecule has 2 heteroatoms. The summed E-state index contributed by atoms with van der Waals surface area (Å²) in [5, 5.41) is 0. The van der Waals surface area contributed by atoms with Gasteiger partial charge in [0.15, 0.2) is 6.29 Å². The lowest BCUT2D eigenvalue weighted by atomic mass is 10.1. The molecule has 0 N–H and O–H groups in total. The number of hydrogen-bond acceptors (Lipinski definition) is 2. The predicted molar refractivity (Wildman–Crippen MR) is 72.1 cm³/mol. The quantitative estimate of drug-likeness (QED) is 0.756. The van der Waals surface area contributed by atoms with Crippen molar-refractivity contribution in [3.8, 4) is 5.75 Å². The molecule has 0 bridgehead atoms. The van der Waals surface area contributed by atoms with Crippen LogP contribution in [0.4, 0.5) is 0 Å². The zero-order chi connectivity index (χ0) is 13.0. The van der Waals surface area contributed by atoms with Crippen molar-refractivity contribution >= 4 is 6.29 Å². The van der Waals surface area contributed by atoms with Gasteiger partial charge in [0.2, 0.25) is 0 Å². The fourth-order valence-corrected chi connectivity index (χ4v) is 1.90. The zero-order valence-electron chi connectivity index (χ0n) is 10.6. The molecule has 0 aliphatic carbocycles. The lowest BCUT2D eigenvalue weighted by molar-refractivity contribution is 0.111. The van der Waals surface area contributed by atoms with Crippen LogP contribution in [0, 0.1) is 6.92 Å². The van der Waals surface area contributed by atoms with Crippen LogP contribution in [-0.4, -0.2) is 6.29 Å². The Kier molecular flexibility index (Phi) is 3.78. The summed E-state index contributed by atoms with van der Waals surface area (Å²) in [5.41, 5.74) is 2.66. The molecule has 0 amide bonds. The molecule has 0 saturated carbocycles. The number of para-hydroxylation sites is 1. The lowest BCUT2D eigenvalue weighted by Crippen LogP contribution is -2.05. The van der Waals surface area contributed by atoms with Crippen LogP contribution in [0.1, 0.15) is 34.5 Å². The molecule has 92 valence electrons. The van der Waals surface area contributed by atoms with Gasteiger partial charge in [-0.25, -0.2) is 0 Å². The van der Waals surface area contributed by atoms with E-state index in [0.717, 1.165) is 17.4 Å². The maximum Gasteiger partial charge on any atom is 0.153 e. The van der Waals surface area contributed by atoms with Gasteiger partial charge in [0.05, 0.1) is 5.56 Å². The Morgan fingerprint density at radius 1 is 1.06 bits per heavy atom. The van der Waals surface area contributed by atoms with Gasteiger partial charge in [-0.05, 0) is 31.0 Å². The monoisotopic (exact) mass is 240 g/mol. The zero-order valence-corrected chi connectivity index (χ0v) is 10.6. The van der Waals surface area contributed by atoms with Crippen LogP contribution in [0.25, 0.3) is 0 Å². The molecule has 0 aromatic heterocycles. The Balaban J connectivity index is 2.27. The molecule has 0 aliphatic heterocycles. The minimum atomic E-state index is -0.0778. The summed E-state index contributed by atoms with van der Waals surface area (Å²) in [5.74, 6) is 0.670. The standard InChI is InChI=1S/C16H16O2/c1-12-7-6-10-15(11-17)16(12)18-13(2)14-8-4-3-5-9-14/h3-11,13H,1-2H3. The molecule has 2 rings (SSSR count). The fourth-order valence-electron chi connectivity index (χ4n) is 1.90. The first-order valence-corrected chi connectivity index (χ1v) is 5.98. The van der Waals surface area contributed by atoms with E-state index in [1.54, 1.807) is 6.07 Å². The largest absolute Gasteiger partial charge is 0.485 e. The van der Waals surface area contributed by atoms with Gasteiger partial charge in [0, 0.05) is 0 Å². The van der Waals surface area contributed by atoms with E-state index in [1.165, 1.54) is 0 Å². The topological polar surface area (TPSA) is 26.3 Å². The van der Waals surface area contributed by atoms with Crippen molar-refractivity contribution in [3.63, 3.8) is 0 Å². The van der Waals surface area contributed by atoms with Crippen LogP contribution in [0.15, 0.2) is 48.5 Å². The highest BCUT2D eigenvalue weighted by Gasteiger charge is 2.11. The van der Waals surface area contributed by atoms with Gasteiger partial charge < -0.3 is 4.74 Å². The number of ether oxygens (including phenoxy) is 1. The van der Waals surface area contributed by atoms with Crippen molar-refractivity contribution in [1.82, 2.24) is 0 Å². The molecule has 1 atom stereocenters. The van der Waals surface area contributed by atoms with Gasteiger partial charge in [-0.2, -0.15) is 0 Å². The maximum atomic E-state index is 11.0. The van der Waals surface area contributed by atoms with Crippen molar-refractivity contribution in [2.45, 2.75) is 20.0 Å². The molecule has 0 fully saturated rings. The molecular formula is C16H16O2. The Labute approximate surface area is 107 Å². The molecule has 0 heterocycles. The number of aldehydes is 1. The SMILES string of the molecule is Cc1cccc(C=O)c1OC(C)c1ccccc1. The average molecular weight is 240 g/mol. The fraction of sp³-hybridized carbons (Fsp3) is 0.188. The van der Waals surface area contributed by atoms with Gasteiger partial charge in [-0.15, -0.1) is 0 Å². The van der Waals surface area contributed by atoms with E-state index < -0.39 is 0 Å². The minimum Gasteiger partial charge on any atom is -0.485 e. The first kappa shape index (κ1) is 12.4. The van der Waals surface area contributed by atoms with E-state index in [0.29, 0.717) is 11.3 Å². The molecule has 18 heavy (non-hydrogen) atoms. The average Bonchev–Trinajstić information content (AvgIpc) is 2.42. The minimum absolute atomic E-state index is 0.0778. The highest BCUT2D eigenvalue weighted by molar-refractivity contribution is 5.80. The van der Waals surface area contributed by atoms with Gasteiger partial charge in [0.25, 0.3) is 0 Å². The second-order valence-corrected chi connectivity index (χ2v) is 4.28. The van der Waals surface area contributed by atoms with E-state index in [4.69, 9.17) is 4.74 Å². The second kappa shape index (κ2) is 5.50. The van der Waals surface area contributed by atoms with Crippen molar-refractivity contribution in [2.75, 3.05) is 0 Å². The van der Waals surface area contributed by atoms with E-state index in [-0.39, 0.29) is 6.10 Å². The molecule has 2 aromatic rings.